The molecule has 11 heavy (non-hydrogen) atoms. The maximum Gasteiger partial charge on any atom is 0.191 e. The Hall–Kier alpha value is -0.0800. The van der Waals surface area contributed by atoms with Crippen molar-refractivity contribution in [1.29, 1.82) is 0 Å². The van der Waals surface area contributed by atoms with Gasteiger partial charge in [0.25, 0.3) is 0 Å². The summed E-state index contributed by atoms with van der Waals surface area (Å²) < 4.78 is 4.98. The largest absolute Gasteiger partial charge is 0.350 e. The van der Waals surface area contributed by atoms with E-state index in [-0.39, 0.29) is 0 Å². The summed E-state index contributed by atoms with van der Waals surface area (Å²) in [6.45, 7) is 4.66. The van der Waals surface area contributed by atoms with Gasteiger partial charge in [-0.15, -0.1) is 0 Å². The Bertz CT molecular complexity index is 74.0. The number of hydrogen-bond acceptors (Lipinski definition) is 1. The summed E-state index contributed by atoms with van der Waals surface area (Å²) in [6.07, 6.45) is 4.48. The molecule has 0 aliphatic carbocycles. The SMILES string of the molecule is CCCCCCOC([O])CC. The Morgan fingerprint density at radius 3 is 2.45 bits per heavy atom. The van der Waals surface area contributed by atoms with Crippen LogP contribution in [-0.2, 0) is 9.84 Å². The minimum Gasteiger partial charge on any atom is -0.350 e. The predicted molar refractivity (Wildman–Crippen MR) is 44.9 cm³/mol. The second-order valence-electron chi connectivity index (χ2n) is 2.77. The summed E-state index contributed by atoms with van der Waals surface area (Å²) in [5.74, 6) is 0. The first-order valence-corrected chi connectivity index (χ1v) is 4.58. The zero-order valence-corrected chi connectivity index (χ0v) is 7.64. The highest BCUT2D eigenvalue weighted by molar-refractivity contribution is 4.40. The van der Waals surface area contributed by atoms with Crippen LogP contribution in [0.3, 0.4) is 0 Å². The van der Waals surface area contributed by atoms with Crippen LogP contribution in [0.1, 0.15) is 46.0 Å². The monoisotopic (exact) mass is 159 g/mol. The predicted octanol–water partition coefficient (Wildman–Crippen LogP) is 2.75. The van der Waals surface area contributed by atoms with Crippen LogP contribution in [0.25, 0.3) is 0 Å². The number of hydrogen-bond donors (Lipinski definition) is 0. The first-order valence-electron chi connectivity index (χ1n) is 4.58. The molecule has 0 N–H and O–H groups in total. The number of unbranched alkanes of at least 4 members (excludes halogenated alkanes) is 3. The third-order valence-electron chi connectivity index (χ3n) is 1.63. The molecule has 0 fully saturated rings. The molecule has 0 aromatic rings. The average Bonchev–Trinajstić information content (AvgIpc) is 2.04. The van der Waals surface area contributed by atoms with Gasteiger partial charge in [-0.25, -0.2) is 5.11 Å². The molecular weight excluding hydrogens is 140 g/mol. The molecule has 2 nitrogen and oxygen atoms in total. The fraction of sp³-hybridized carbons (Fsp3) is 1.00. The molecule has 0 aliphatic rings. The molecule has 1 atom stereocenters. The van der Waals surface area contributed by atoms with E-state index in [2.05, 4.69) is 6.92 Å². The van der Waals surface area contributed by atoms with Gasteiger partial charge in [0.05, 0.1) is 0 Å². The molecule has 0 aliphatic heterocycles. The fourth-order valence-electron chi connectivity index (χ4n) is 0.861. The van der Waals surface area contributed by atoms with E-state index in [1.165, 1.54) is 19.3 Å². The minimum atomic E-state index is -0.795. The van der Waals surface area contributed by atoms with Gasteiger partial charge in [-0.3, -0.25) is 0 Å². The van der Waals surface area contributed by atoms with E-state index in [9.17, 15) is 5.11 Å². The molecule has 1 radical (unpaired) electrons. The molecule has 0 aromatic heterocycles. The molecule has 0 saturated carbocycles. The van der Waals surface area contributed by atoms with Gasteiger partial charge < -0.3 is 4.74 Å². The van der Waals surface area contributed by atoms with Crippen LogP contribution in [0.2, 0.25) is 0 Å². The molecule has 0 saturated heterocycles. The molecule has 0 aromatic carbocycles. The highest BCUT2D eigenvalue weighted by Crippen LogP contribution is 2.01. The van der Waals surface area contributed by atoms with Crippen molar-refractivity contribution in [3.05, 3.63) is 0 Å². The van der Waals surface area contributed by atoms with E-state index in [0.29, 0.717) is 13.0 Å². The zero-order valence-electron chi connectivity index (χ0n) is 7.64. The summed E-state index contributed by atoms with van der Waals surface area (Å²) in [5.41, 5.74) is 0. The molecular formula is C9H19O2. The molecule has 0 amide bonds. The van der Waals surface area contributed by atoms with Crippen molar-refractivity contribution in [2.45, 2.75) is 52.2 Å². The quantitative estimate of drug-likeness (QED) is 0.415. The Balaban J connectivity index is 2.89. The number of ether oxygens (including phenoxy) is 1. The van der Waals surface area contributed by atoms with Crippen LogP contribution in [0.15, 0.2) is 0 Å². The molecule has 2 heteroatoms. The summed E-state index contributed by atoms with van der Waals surface area (Å²) in [5, 5.41) is 10.7. The van der Waals surface area contributed by atoms with Gasteiger partial charge in [0.1, 0.15) is 0 Å². The standard InChI is InChI=1S/C9H19O2/c1-3-5-6-7-8-11-9(10)4-2/h9H,3-8H2,1-2H3. The van der Waals surface area contributed by atoms with Crippen molar-refractivity contribution in [2.24, 2.45) is 0 Å². The fourth-order valence-corrected chi connectivity index (χ4v) is 0.861. The molecule has 0 bridgehead atoms. The highest BCUT2D eigenvalue weighted by atomic mass is 16.6. The second-order valence-corrected chi connectivity index (χ2v) is 2.77. The van der Waals surface area contributed by atoms with Crippen LogP contribution in [0.5, 0.6) is 0 Å². The van der Waals surface area contributed by atoms with E-state index < -0.39 is 6.29 Å². The maximum atomic E-state index is 10.7. The Kier molecular flexibility index (Phi) is 7.96. The summed E-state index contributed by atoms with van der Waals surface area (Å²) in [4.78, 5) is 0. The van der Waals surface area contributed by atoms with Gasteiger partial charge >= 0.3 is 0 Å². The van der Waals surface area contributed by atoms with Crippen molar-refractivity contribution in [2.75, 3.05) is 6.61 Å². The second kappa shape index (κ2) is 8.02. The minimum absolute atomic E-state index is 0.577. The molecule has 0 heterocycles. The lowest BCUT2D eigenvalue weighted by atomic mass is 10.2. The Morgan fingerprint density at radius 2 is 1.91 bits per heavy atom. The van der Waals surface area contributed by atoms with E-state index in [1.54, 1.807) is 0 Å². The first kappa shape index (κ1) is 10.9. The lowest BCUT2D eigenvalue weighted by Gasteiger charge is -2.06. The Morgan fingerprint density at radius 1 is 1.18 bits per heavy atom. The molecule has 1 unspecified atom stereocenters. The lowest BCUT2D eigenvalue weighted by molar-refractivity contribution is -0.141. The van der Waals surface area contributed by atoms with Crippen LogP contribution in [0, 0.1) is 0 Å². The van der Waals surface area contributed by atoms with Crippen LogP contribution in [0.4, 0.5) is 0 Å². The molecule has 0 spiro atoms. The lowest BCUT2D eigenvalue weighted by Crippen LogP contribution is -2.09. The summed E-state index contributed by atoms with van der Waals surface area (Å²) >= 11 is 0. The van der Waals surface area contributed by atoms with Gasteiger partial charge in [-0.2, -0.15) is 0 Å². The Labute approximate surface area is 69.6 Å². The van der Waals surface area contributed by atoms with Gasteiger partial charge in [0, 0.05) is 6.61 Å². The molecule has 67 valence electrons. The maximum absolute atomic E-state index is 10.7. The summed E-state index contributed by atoms with van der Waals surface area (Å²) in [6, 6.07) is 0. The van der Waals surface area contributed by atoms with Crippen LogP contribution in [-0.4, -0.2) is 12.9 Å². The van der Waals surface area contributed by atoms with Crippen molar-refractivity contribution in [1.82, 2.24) is 0 Å². The summed E-state index contributed by atoms with van der Waals surface area (Å²) in [7, 11) is 0. The number of rotatable bonds is 7. The normalized spacial score (nSPS) is 13.4. The van der Waals surface area contributed by atoms with Crippen LogP contribution >= 0.6 is 0 Å². The average molecular weight is 159 g/mol. The van der Waals surface area contributed by atoms with Gasteiger partial charge in [-0.05, 0) is 12.8 Å². The van der Waals surface area contributed by atoms with Gasteiger partial charge in [0.2, 0.25) is 0 Å². The highest BCUT2D eigenvalue weighted by Gasteiger charge is 2.00. The van der Waals surface area contributed by atoms with Crippen molar-refractivity contribution in [3.63, 3.8) is 0 Å². The van der Waals surface area contributed by atoms with E-state index in [0.717, 1.165) is 6.42 Å². The third kappa shape index (κ3) is 7.82. The van der Waals surface area contributed by atoms with E-state index in [1.807, 2.05) is 6.92 Å². The van der Waals surface area contributed by atoms with E-state index >= 15 is 0 Å². The zero-order chi connectivity index (χ0) is 8.53. The van der Waals surface area contributed by atoms with E-state index in [4.69, 9.17) is 4.74 Å². The van der Waals surface area contributed by atoms with Crippen molar-refractivity contribution < 1.29 is 9.84 Å². The van der Waals surface area contributed by atoms with Crippen molar-refractivity contribution >= 4 is 0 Å². The van der Waals surface area contributed by atoms with Gasteiger partial charge in [0.15, 0.2) is 6.29 Å². The first-order chi connectivity index (χ1) is 5.31. The van der Waals surface area contributed by atoms with Gasteiger partial charge in [-0.1, -0.05) is 33.1 Å². The van der Waals surface area contributed by atoms with Crippen molar-refractivity contribution in [3.8, 4) is 0 Å². The molecule has 0 rings (SSSR count). The topological polar surface area (TPSA) is 29.1 Å². The smallest absolute Gasteiger partial charge is 0.191 e. The third-order valence-corrected chi connectivity index (χ3v) is 1.63. The van der Waals surface area contributed by atoms with Crippen LogP contribution < -0.4 is 0 Å².